The molecule has 1 aliphatic rings. The molecule has 0 aliphatic carbocycles. The van der Waals surface area contributed by atoms with Gasteiger partial charge < -0.3 is 15.0 Å². The summed E-state index contributed by atoms with van der Waals surface area (Å²) < 4.78 is 5.38. The highest BCUT2D eigenvalue weighted by atomic mass is 16.5. The molecule has 0 aromatic heterocycles. The number of carbonyl (C=O) groups is 1. The second kappa shape index (κ2) is 6.80. The molecule has 1 unspecified atom stereocenters. The molecule has 1 aliphatic heterocycles. The van der Waals surface area contributed by atoms with Gasteiger partial charge in [0.05, 0.1) is 6.04 Å². The number of amides is 1. The lowest BCUT2D eigenvalue weighted by Crippen LogP contribution is -2.36. The number of carbonyl (C=O) groups excluding carboxylic acids is 1. The van der Waals surface area contributed by atoms with Gasteiger partial charge in [0.2, 0.25) is 5.91 Å². The largest absolute Gasteiger partial charge is 0.381 e. The summed E-state index contributed by atoms with van der Waals surface area (Å²) in [6, 6.07) is 0.0431. The SMILES string of the molecule is CCCOCCCN1CCC(NC)C1=O. The molecule has 1 heterocycles. The van der Waals surface area contributed by atoms with Crippen molar-refractivity contribution in [3.05, 3.63) is 0 Å². The molecule has 0 aromatic rings. The van der Waals surface area contributed by atoms with Gasteiger partial charge in [0, 0.05) is 26.3 Å². The molecule has 0 spiro atoms. The fraction of sp³-hybridized carbons (Fsp3) is 0.909. The van der Waals surface area contributed by atoms with Crippen LogP contribution in [0.2, 0.25) is 0 Å². The molecule has 1 atom stereocenters. The summed E-state index contributed by atoms with van der Waals surface area (Å²) in [6.07, 6.45) is 2.94. The minimum absolute atomic E-state index is 0.0431. The minimum Gasteiger partial charge on any atom is -0.381 e. The third-order valence-corrected chi connectivity index (χ3v) is 2.71. The monoisotopic (exact) mass is 214 g/mol. The highest BCUT2D eigenvalue weighted by molar-refractivity contribution is 5.83. The maximum Gasteiger partial charge on any atom is 0.239 e. The van der Waals surface area contributed by atoms with E-state index in [9.17, 15) is 4.79 Å². The molecule has 0 aromatic carbocycles. The normalized spacial score (nSPS) is 21.3. The van der Waals surface area contributed by atoms with Crippen LogP contribution in [0.1, 0.15) is 26.2 Å². The maximum absolute atomic E-state index is 11.7. The van der Waals surface area contributed by atoms with Gasteiger partial charge in [-0.2, -0.15) is 0 Å². The van der Waals surface area contributed by atoms with Crippen molar-refractivity contribution in [2.24, 2.45) is 0 Å². The predicted octanol–water partition coefficient (Wildman–Crippen LogP) is 0.623. The lowest BCUT2D eigenvalue weighted by molar-refractivity contribution is -0.129. The second-order valence-electron chi connectivity index (χ2n) is 3.92. The Morgan fingerprint density at radius 1 is 1.53 bits per heavy atom. The quantitative estimate of drug-likeness (QED) is 0.632. The molecule has 4 nitrogen and oxygen atoms in total. The van der Waals surface area contributed by atoms with Crippen molar-refractivity contribution in [3.63, 3.8) is 0 Å². The van der Waals surface area contributed by atoms with Crippen molar-refractivity contribution in [2.45, 2.75) is 32.2 Å². The summed E-state index contributed by atoms with van der Waals surface area (Å²) in [5, 5.41) is 3.03. The molecule has 88 valence electrons. The Labute approximate surface area is 92.0 Å². The number of hydrogen-bond donors (Lipinski definition) is 1. The average molecular weight is 214 g/mol. The fourth-order valence-corrected chi connectivity index (χ4v) is 1.83. The Kier molecular flexibility index (Phi) is 5.65. The number of likely N-dealkylation sites (N-methyl/N-ethyl adjacent to an activating group) is 1. The number of nitrogens with zero attached hydrogens (tertiary/aromatic N) is 1. The Balaban J connectivity index is 2.09. The van der Waals surface area contributed by atoms with Gasteiger partial charge in [0.25, 0.3) is 0 Å². The van der Waals surface area contributed by atoms with Crippen LogP contribution in [0, 0.1) is 0 Å². The Bertz CT molecular complexity index is 197. The van der Waals surface area contributed by atoms with Crippen LogP contribution in [0.5, 0.6) is 0 Å². The number of likely N-dealkylation sites (tertiary alicyclic amines) is 1. The topological polar surface area (TPSA) is 41.6 Å². The van der Waals surface area contributed by atoms with E-state index < -0.39 is 0 Å². The van der Waals surface area contributed by atoms with Crippen LogP contribution in [0.3, 0.4) is 0 Å². The van der Waals surface area contributed by atoms with Crippen molar-refractivity contribution < 1.29 is 9.53 Å². The summed E-state index contributed by atoms with van der Waals surface area (Å²) in [5.74, 6) is 0.244. The average Bonchev–Trinajstić information content (AvgIpc) is 2.60. The van der Waals surface area contributed by atoms with Crippen LogP contribution in [-0.4, -0.2) is 50.2 Å². The third-order valence-electron chi connectivity index (χ3n) is 2.71. The maximum atomic E-state index is 11.7. The molecule has 1 N–H and O–H groups in total. The van der Waals surface area contributed by atoms with Gasteiger partial charge in [-0.25, -0.2) is 0 Å². The molecule has 0 saturated carbocycles. The van der Waals surface area contributed by atoms with Crippen LogP contribution < -0.4 is 5.32 Å². The number of nitrogens with one attached hydrogen (secondary N) is 1. The summed E-state index contributed by atoms with van der Waals surface area (Å²) in [4.78, 5) is 13.6. The summed E-state index contributed by atoms with van der Waals surface area (Å²) >= 11 is 0. The lowest BCUT2D eigenvalue weighted by Gasteiger charge is -2.16. The predicted molar refractivity (Wildman–Crippen MR) is 59.8 cm³/mol. The molecule has 1 amide bonds. The van der Waals surface area contributed by atoms with Crippen molar-refractivity contribution in [1.29, 1.82) is 0 Å². The van der Waals surface area contributed by atoms with E-state index in [0.29, 0.717) is 0 Å². The standard InChI is InChI=1S/C11H22N2O2/c1-3-8-15-9-4-6-13-7-5-10(12-2)11(13)14/h10,12H,3-9H2,1-2H3. The molecule has 1 rings (SSSR count). The minimum atomic E-state index is 0.0431. The zero-order chi connectivity index (χ0) is 11.1. The van der Waals surface area contributed by atoms with Gasteiger partial charge in [-0.3, -0.25) is 4.79 Å². The molecule has 1 saturated heterocycles. The number of hydrogen-bond acceptors (Lipinski definition) is 3. The third kappa shape index (κ3) is 3.80. The molecular weight excluding hydrogens is 192 g/mol. The number of ether oxygens (including phenoxy) is 1. The van der Waals surface area contributed by atoms with Gasteiger partial charge in [0.15, 0.2) is 0 Å². The number of rotatable bonds is 7. The molecule has 15 heavy (non-hydrogen) atoms. The first-order valence-corrected chi connectivity index (χ1v) is 5.83. The first-order chi connectivity index (χ1) is 7.29. The molecule has 1 fully saturated rings. The zero-order valence-corrected chi connectivity index (χ0v) is 9.79. The molecule has 0 bridgehead atoms. The van der Waals surface area contributed by atoms with Crippen molar-refractivity contribution in [1.82, 2.24) is 10.2 Å². The van der Waals surface area contributed by atoms with Gasteiger partial charge in [-0.05, 0) is 26.3 Å². The van der Waals surface area contributed by atoms with E-state index in [2.05, 4.69) is 12.2 Å². The van der Waals surface area contributed by atoms with E-state index in [0.717, 1.165) is 45.6 Å². The lowest BCUT2D eigenvalue weighted by atomic mass is 10.3. The summed E-state index contributed by atoms with van der Waals surface area (Å²) in [6.45, 7) is 5.41. The van der Waals surface area contributed by atoms with Crippen LogP contribution in [-0.2, 0) is 9.53 Å². The Hall–Kier alpha value is -0.610. The Morgan fingerprint density at radius 3 is 2.93 bits per heavy atom. The van der Waals surface area contributed by atoms with E-state index in [1.165, 1.54) is 0 Å². The highest BCUT2D eigenvalue weighted by Gasteiger charge is 2.29. The van der Waals surface area contributed by atoms with Crippen molar-refractivity contribution in [3.8, 4) is 0 Å². The van der Waals surface area contributed by atoms with E-state index in [1.807, 2.05) is 11.9 Å². The van der Waals surface area contributed by atoms with Gasteiger partial charge >= 0.3 is 0 Å². The van der Waals surface area contributed by atoms with E-state index in [-0.39, 0.29) is 11.9 Å². The Morgan fingerprint density at radius 2 is 2.33 bits per heavy atom. The van der Waals surface area contributed by atoms with Crippen molar-refractivity contribution >= 4 is 5.91 Å². The van der Waals surface area contributed by atoms with E-state index in [4.69, 9.17) is 4.74 Å². The zero-order valence-electron chi connectivity index (χ0n) is 9.79. The second-order valence-corrected chi connectivity index (χ2v) is 3.92. The smallest absolute Gasteiger partial charge is 0.239 e. The summed E-state index contributed by atoms with van der Waals surface area (Å²) in [5.41, 5.74) is 0. The summed E-state index contributed by atoms with van der Waals surface area (Å²) in [7, 11) is 1.84. The van der Waals surface area contributed by atoms with Crippen molar-refractivity contribution in [2.75, 3.05) is 33.4 Å². The van der Waals surface area contributed by atoms with E-state index in [1.54, 1.807) is 0 Å². The van der Waals surface area contributed by atoms with Crippen LogP contribution in [0.4, 0.5) is 0 Å². The first kappa shape index (κ1) is 12.5. The van der Waals surface area contributed by atoms with Gasteiger partial charge in [-0.15, -0.1) is 0 Å². The van der Waals surface area contributed by atoms with Crippen LogP contribution in [0.25, 0.3) is 0 Å². The fourth-order valence-electron chi connectivity index (χ4n) is 1.83. The van der Waals surface area contributed by atoms with Crippen LogP contribution >= 0.6 is 0 Å². The van der Waals surface area contributed by atoms with Crippen LogP contribution in [0.15, 0.2) is 0 Å². The van der Waals surface area contributed by atoms with E-state index >= 15 is 0 Å². The molecule has 0 radical (unpaired) electrons. The molecule has 4 heteroatoms. The highest BCUT2D eigenvalue weighted by Crippen LogP contribution is 2.10. The molecular formula is C11H22N2O2. The first-order valence-electron chi connectivity index (χ1n) is 5.83. The van der Waals surface area contributed by atoms with Gasteiger partial charge in [0.1, 0.15) is 0 Å². The van der Waals surface area contributed by atoms with Gasteiger partial charge in [-0.1, -0.05) is 6.92 Å².